The number of carbonyl (C=O) groups is 1. The Kier molecular flexibility index (Phi) is 4.49. The van der Waals surface area contributed by atoms with Crippen molar-refractivity contribution >= 4 is 6.03 Å². The number of carbonyl (C=O) groups excluding carboxylic acids is 1. The van der Waals surface area contributed by atoms with Crippen molar-refractivity contribution in [2.24, 2.45) is 23.7 Å². The standard InChI is InChI=1S/C16H28N2O2/c1-18(11-12-6-8-20-9-7-12)16(19)17-10-15(13-2-3-13)14-4-5-14/h12-15H,2-11H2,1H3,(H,17,19). The van der Waals surface area contributed by atoms with E-state index in [0.717, 1.165) is 56.9 Å². The number of rotatable bonds is 6. The van der Waals surface area contributed by atoms with E-state index in [1.165, 1.54) is 25.7 Å². The molecule has 0 bridgehead atoms. The van der Waals surface area contributed by atoms with Gasteiger partial charge in [0.2, 0.25) is 0 Å². The number of amides is 2. The lowest BCUT2D eigenvalue weighted by molar-refractivity contribution is 0.0585. The molecule has 0 aromatic carbocycles. The van der Waals surface area contributed by atoms with Crippen LogP contribution in [0.4, 0.5) is 4.79 Å². The summed E-state index contributed by atoms with van der Waals surface area (Å²) in [5.41, 5.74) is 0. The number of urea groups is 1. The molecule has 4 heteroatoms. The Hall–Kier alpha value is -0.770. The van der Waals surface area contributed by atoms with Crippen LogP contribution in [0.25, 0.3) is 0 Å². The number of hydrogen-bond donors (Lipinski definition) is 1. The van der Waals surface area contributed by atoms with Gasteiger partial charge in [-0.15, -0.1) is 0 Å². The highest BCUT2D eigenvalue weighted by Crippen LogP contribution is 2.48. The molecule has 0 aromatic heterocycles. The molecule has 3 fully saturated rings. The molecule has 2 amide bonds. The summed E-state index contributed by atoms with van der Waals surface area (Å²) < 4.78 is 5.37. The van der Waals surface area contributed by atoms with E-state index in [-0.39, 0.29) is 6.03 Å². The molecule has 0 radical (unpaired) electrons. The zero-order valence-corrected chi connectivity index (χ0v) is 12.6. The van der Waals surface area contributed by atoms with E-state index in [2.05, 4.69) is 5.32 Å². The highest BCUT2D eigenvalue weighted by Gasteiger charge is 2.41. The van der Waals surface area contributed by atoms with Crippen LogP contribution in [-0.2, 0) is 4.74 Å². The van der Waals surface area contributed by atoms with E-state index >= 15 is 0 Å². The Morgan fingerprint density at radius 1 is 1.15 bits per heavy atom. The van der Waals surface area contributed by atoms with Gasteiger partial charge in [0.25, 0.3) is 0 Å². The van der Waals surface area contributed by atoms with Crippen molar-refractivity contribution in [2.45, 2.75) is 38.5 Å². The number of hydrogen-bond acceptors (Lipinski definition) is 2. The molecular weight excluding hydrogens is 252 g/mol. The van der Waals surface area contributed by atoms with Gasteiger partial charge in [0, 0.05) is 33.4 Å². The van der Waals surface area contributed by atoms with Crippen molar-refractivity contribution in [1.82, 2.24) is 10.2 Å². The van der Waals surface area contributed by atoms with Crippen LogP contribution in [0.3, 0.4) is 0 Å². The first kappa shape index (κ1) is 14.2. The molecule has 20 heavy (non-hydrogen) atoms. The first-order valence-electron chi connectivity index (χ1n) is 8.30. The van der Waals surface area contributed by atoms with Crippen molar-refractivity contribution in [1.29, 1.82) is 0 Å². The van der Waals surface area contributed by atoms with Gasteiger partial charge in [-0.1, -0.05) is 0 Å². The fourth-order valence-corrected chi connectivity index (χ4v) is 3.51. The summed E-state index contributed by atoms with van der Waals surface area (Å²) in [6.45, 7) is 3.47. The fraction of sp³-hybridized carbons (Fsp3) is 0.938. The van der Waals surface area contributed by atoms with E-state index in [0.29, 0.717) is 5.92 Å². The molecule has 0 aromatic rings. The topological polar surface area (TPSA) is 41.6 Å². The quantitative estimate of drug-likeness (QED) is 0.812. The van der Waals surface area contributed by atoms with Gasteiger partial charge in [0.15, 0.2) is 0 Å². The Bertz CT molecular complexity index is 321. The van der Waals surface area contributed by atoms with Gasteiger partial charge in [-0.25, -0.2) is 4.79 Å². The zero-order chi connectivity index (χ0) is 13.9. The van der Waals surface area contributed by atoms with E-state index in [9.17, 15) is 4.79 Å². The summed E-state index contributed by atoms with van der Waals surface area (Å²) in [6, 6.07) is 0.114. The lowest BCUT2D eigenvalue weighted by Gasteiger charge is -2.28. The molecule has 3 rings (SSSR count). The van der Waals surface area contributed by atoms with Gasteiger partial charge in [-0.2, -0.15) is 0 Å². The lowest BCUT2D eigenvalue weighted by atomic mass is 9.98. The molecule has 3 aliphatic rings. The highest BCUT2D eigenvalue weighted by molar-refractivity contribution is 5.73. The predicted octanol–water partition coefficient (Wildman–Crippen LogP) is 2.49. The molecule has 0 spiro atoms. The van der Waals surface area contributed by atoms with Crippen LogP contribution in [0.1, 0.15) is 38.5 Å². The van der Waals surface area contributed by atoms with Gasteiger partial charge in [-0.05, 0) is 62.2 Å². The van der Waals surface area contributed by atoms with Crippen LogP contribution >= 0.6 is 0 Å². The lowest BCUT2D eigenvalue weighted by Crippen LogP contribution is -2.43. The summed E-state index contributed by atoms with van der Waals surface area (Å²) in [5, 5.41) is 3.17. The summed E-state index contributed by atoms with van der Waals surface area (Å²) in [4.78, 5) is 14.1. The monoisotopic (exact) mass is 280 g/mol. The normalized spacial score (nSPS) is 23.9. The molecule has 1 heterocycles. The molecular formula is C16H28N2O2. The average Bonchev–Trinajstić information content (AvgIpc) is 3.33. The number of ether oxygens (including phenoxy) is 1. The van der Waals surface area contributed by atoms with Gasteiger partial charge >= 0.3 is 6.03 Å². The average molecular weight is 280 g/mol. The third-order valence-electron chi connectivity index (χ3n) is 5.16. The molecule has 114 valence electrons. The van der Waals surface area contributed by atoms with E-state index in [1.807, 2.05) is 11.9 Å². The smallest absolute Gasteiger partial charge is 0.317 e. The second-order valence-corrected chi connectivity index (χ2v) is 6.96. The minimum atomic E-state index is 0.114. The SMILES string of the molecule is CN(CC1CCOCC1)C(=O)NCC(C1CC1)C1CC1. The van der Waals surface area contributed by atoms with Crippen molar-refractivity contribution < 1.29 is 9.53 Å². The Balaban J connectivity index is 1.38. The van der Waals surface area contributed by atoms with Crippen LogP contribution in [0.15, 0.2) is 0 Å². The van der Waals surface area contributed by atoms with Gasteiger partial charge in [-0.3, -0.25) is 0 Å². The van der Waals surface area contributed by atoms with E-state index in [4.69, 9.17) is 4.74 Å². The summed E-state index contributed by atoms with van der Waals surface area (Å²) in [5.74, 6) is 3.18. The van der Waals surface area contributed by atoms with Crippen molar-refractivity contribution in [3.8, 4) is 0 Å². The third kappa shape index (κ3) is 3.87. The van der Waals surface area contributed by atoms with Crippen LogP contribution in [0, 0.1) is 23.7 Å². The second kappa shape index (κ2) is 6.33. The molecule has 2 aliphatic carbocycles. The zero-order valence-electron chi connectivity index (χ0n) is 12.6. The molecule has 1 saturated heterocycles. The molecule has 4 nitrogen and oxygen atoms in total. The van der Waals surface area contributed by atoms with Crippen LogP contribution < -0.4 is 5.32 Å². The Morgan fingerprint density at radius 3 is 2.30 bits per heavy atom. The minimum absolute atomic E-state index is 0.114. The predicted molar refractivity (Wildman–Crippen MR) is 78.5 cm³/mol. The Morgan fingerprint density at radius 2 is 1.75 bits per heavy atom. The molecule has 0 unspecified atom stereocenters. The number of nitrogens with one attached hydrogen (secondary N) is 1. The molecule has 1 N–H and O–H groups in total. The van der Waals surface area contributed by atoms with Crippen molar-refractivity contribution in [3.05, 3.63) is 0 Å². The van der Waals surface area contributed by atoms with Gasteiger partial charge in [0.1, 0.15) is 0 Å². The number of nitrogens with zero attached hydrogens (tertiary/aromatic N) is 1. The molecule has 2 saturated carbocycles. The summed E-state index contributed by atoms with van der Waals surface area (Å²) in [6.07, 6.45) is 7.71. The maximum Gasteiger partial charge on any atom is 0.317 e. The largest absolute Gasteiger partial charge is 0.381 e. The Labute approximate surface area is 122 Å². The fourth-order valence-electron chi connectivity index (χ4n) is 3.51. The maximum absolute atomic E-state index is 12.2. The van der Waals surface area contributed by atoms with Crippen LogP contribution in [0.2, 0.25) is 0 Å². The van der Waals surface area contributed by atoms with Gasteiger partial charge in [0.05, 0.1) is 0 Å². The minimum Gasteiger partial charge on any atom is -0.381 e. The molecule has 1 aliphatic heterocycles. The van der Waals surface area contributed by atoms with Crippen molar-refractivity contribution in [2.75, 3.05) is 33.4 Å². The highest BCUT2D eigenvalue weighted by atomic mass is 16.5. The molecule has 0 atom stereocenters. The first-order chi connectivity index (χ1) is 9.74. The summed E-state index contributed by atoms with van der Waals surface area (Å²) in [7, 11) is 1.92. The van der Waals surface area contributed by atoms with Crippen molar-refractivity contribution in [3.63, 3.8) is 0 Å². The second-order valence-electron chi connectivity index (χ2n) is 6.96. The van der Waals surface area contributed by atoms with Gasteiger partial charge < -0.3 is 15.0 Å². The first-order valence-corrected chi connectivity index (χ1v) is 8.30. The van der Waals surface area contributed by atoms with Crippen LogP contribution in [0.5, 0.6) is 0 Å². The van der Waals surface area contributed by atoms with E-state index in [1.54, 1.807) is 0 Å². The summed E-state index contributed by atoms with van der Waals surface area (Å²) >= 11 is 0. The third-order valence-corrected chi connectivity index (χ3v) is 5.16. The van der Waals surface area contributed by atoms with E-state index < -0.39 is 0 Å². The van der Waals surface area contributed by atoms with Crippen LogP contribution in [-0.4, -0.2) is 44.3 Å². The maximum atomic E-state index is 12.2.